The molecule has 2 N–H and O–H groups in total. The van der Waals surface area contributed by atoms with Gasteiger partial charge in [0.05, 0.1) is 18.9 Å². The standard InChI is InChI=1S/C20H20F2N2O3/c1-27-13-7-5-12(6-8-13)9-10-23-19(25)14-11-15(14)20(26)24-18-16(21)3-2-4-17(18)22/h2-8,14-15H,9-11H2,1H3,(H,23,25)(H,24,26). The molecule has 0 saturated heterocycles. The number of nitrogens with one attached hydrogen (secondary N) is 2. The van der Waals surface area contributed by atoms with Gasteiger partial charge in [-0.3, -0.25) is 9.59 Å². The number of carbonyl (C=O) groups excluding carboxylic acids is 2. The van der Waals surface area contributed by atoms with Crippen molar-refractivity contribution in [2.24, 2.45) is 11.8 Å². The average Bonchev–Trinajstić information content (AvgIpc) is 3.46. The number of rotatable bonds is 7. The van der Waals surface area contributed by atoms with E-state index >= 15 is 0 Å². The van der Waals surface area contributed by atoms with Crippen molar-refractivity contribution in [3.63, 3.8) is 0 Å². The maximum Gasteiger partial charge on any atom is 0.228 e. The fourth-order valence-corrected chi connectivity index (χ4v) is 2.86. The second kappa shape index (κ2) is 8.16. The van der Waals surface area contributed by atoms with E-state index < -0.39 is 35.1 Å². The van der Waals surface area contributed by atoms with Gasteiger partial charge in [-0.2, -0.15) is 0 Å². The first-order chi connectivity index (χ1) is 13.0. The van der Waals surface area contributed by atoms with E-state index in [0.717, 1.165) is 23.4 Å². The number of ether oxygens (including phenoxy) is 1. The Morgan fingerprint density at radius 3 is 2.30 bits per heavy atom. The Labute approximate surface area is 155 Å². The summed E-state index contributed by atoms with van der Waals surface area (Å²) in [6, 6.07) is 10.9. The lowest BCUT2D eigenvalue weighted by molar-refractivity contribution is -0.125. The molecule has 3 rings (SSSR count). The van der Waals surface area contributed by atoms with Crippen molar-refractivity contribution in [3.05, 3.63) is 59.7 Å². The minimum Gasteiger partial charge on any atom is -0.497 e. The van der Waals surface area contributed by atoms with Crippen LogP contribution in [0.5, 0.6) is 5.75 Å². The third kappa shape index (κ3) is 4.61. The van der Waals surface area contributed by atoms with Crippen molar-refractivity contribution >= 4 is 17.5 Å². The van der Waals surface area contributed by atoms with E-state index in [-0.39, 0.29) is 5.91 Å². The van der Waals surface area contributed by atoms with Crippen LogP contribution >= 0.6 is 0 Å². The number of amides is 2. The predicted molar refractivity (Wildman–Crippen MR) is 96.3 cm³/mol. The Kier molecular flexibility index (Phi) is 5.69. The van der Waals surface area contributed by atoms with Crippen LogP contribution in [0, 0.1) is 23.5 Å². The van der Waals surface area contributed by atoms with Crippen LogP contribution in [0.3, 0.4) is 0 Å². The van der Waals surface area contributed by atoms with Crippen LogP contribution < -0.4 is 15.4 Å². The first kappa shape index (κ1) is 18.8. The Bertz CT molecular complexity index is 819. The maximum absolute atomic E-state index is 13.6. The lowest BCUT2D eigenvalue weighted by Crippen LogP contribution is -2.29. The van der Waals surface area contributed by atoms with Gasteiger partial charge in [-0.1, -0.05) is 18.2 Å². The van der Waals surface area contributed by atoms with Gasteiger partial charge >= 0.3 is 0 Å². The van der Waals surface area contributed by atoms with Crippen molar-refractivity contribution in [1.29, 1.82) is 0 Å². The van der Waals surface area contributed by atoms with Crippen molar-refractivity contribution in [3.8, 4) is 5.75 Å². The van der Waals surface area contributed by atoms with Crippen LogP contribution in [0.25, 0.3) is 0 Å². The molecule has 0 aromatic heterocycles. The summed E-state index contributed by atoms with van der Waals surface area (Å²) in [6.07, 6.45) is 1.02. The van der Waals surface area contributed by atoms with Crippen molar-refractivity contribution in [2.75, 3.05) is 19.0 Å². The predicted octanol–water partition coefficient (Wildman–Crippen LogP) is 2.91. The molecule has 142 valence electrons. The zero-order chi connectivity index (χ0) is 19.4. The lowest BCUT2D eigenvalue weighted by atomic mass is 10.1. The molecule has 0 bridgehead atoms. The van der Waals surface area contributed by atoms with Crippen molar-refractivity contribution in [1.82, 2.24) is 5.32 Å². The summed E-state index contributed by atoms with van der Waals surface area (Å²) < 4.78 is 32.3. The molecule has 1 fully saturated rings. The quantitative estimate of drug-likeness (QED) is 0.783. The van der Waals surface area contributed by atoms with E-state index in [0.29, 0.717) is 19.4 Å². The van der Waals surface area contributed by atoms with Gasteiger partial charge in [-0.25, -0.2) is 8.78 Å². The van der Waals surface area contributed by atoms with E-state index in [1.807, 2.05) is 24.3 Å². The molecule has 1 aliphatic carbocycles. The summed E-state index contributed by atoms with van der Waals surface area (Å²) in [5.74, 6) is -2.72. The monoisotopic (exact) mass is 374 g/mol. The topological polar surface area (TPSA) is 67.4 Å². The minimum absolute atomic E-state index is 0.224. The van der Waals surface area contributed by atoms with Crippen molar-refractivity contribution in [2.45, 2.75) is 12.8 Å². The van der Waals surface area contributed by atoms with Gasteiger partial charge < -0.3 is 15.4 Å². The largest absolute Gasteiger partial charge is 0.497 e. The number of halogens is 2. The van der Waals surface area contributed by atoms with E-state index in [9.17, 15) is 18.4 Å². The summed E-state index contributed by atoms with van der Waals surface area (Å²) in [5, 5.41) is 5.03. The molecule has 7 heteroatoms. The van der Waals surface area contributed by atoms with Gasteiger partial charge in [-0.15, -0.1) is 0 Å². The van der Waals surface area contributed by atoms with Crippen LogP contribution in [0.2, 0.25) is 0 Å². The van der Waals surface area contributed by atoms with Gasteiger partial charge in [0, 0.05) is 6.54 Å². The number of carbonyl (C=O) groups is 2. The van der Waals surface area contributed by atoms with Gasteiger partial charge in [0.25, 0.3) is 0 Å². The highest BCUT2D eigenvalue weighted by molar-refractivity contribution is 5.99. The molecule has 0 radical (unpaired) electrons. The van der Waals surface area contributed by atoms with E-state index in [4.69, 9.17) is 4.74 Å². The smallest absolute Gasteiger partial charge is 0.228 e. The second-order valence-corrected chi connectivity index (χ2v) is 6.42. The summed E-state index contributed by atoms with van der Waals surface area (Å²) in [6.45, 7) is 0.442. The Hall–Kier alpha value is -2.96. The SMILES string of the molecule is COc1ccc(CCNC(=O)C2CC2C(=O)Nc2c(F)cccc2F)cc1. The Balaban J connectivity index is 1.45. The number of anilines is 1. The summed E-state index contributed by atoms with van der Waals surface area (Å²) >= 11 is 0. The zero-order valence-corrected chi connectivity index (χ0v) is 14.8. The molecule has 1 aliphatic rings. The molecule has 2 unspecified atom stereocenters. The highest BCUT2D eigenvalue weighted by Crippen LogP contribution is 2.39. The summed E-state index contributed by atoms with van der Waals surface area (Å²) in [5.41, 5.74) is 0.573. The number of methoxy groups -OCH3 is 1. The molecular weight excluding hydrogens is 354 g/mol. The Morgan fingerprint density at radius 1 is 1.04 bits per heavy atom. The molecular formula is C20H20F2N2O3. The minimum atomic E-state index is -0.843. The molecule has 5 nitrogen and oxygen atoms in total. The highest BCUT2D eigenvalue weighted by Gasteiger charge is 2.48. The molecule has 2 amide bonds. The first-order valence-corrected chi connectivity index (χ1v) is 8.65. The van der Waals surface area contributed by atoms with Gasteiger partial charge in [0.15, 0.2) is 0 Å². The van der Waals surface area contributed by atoms with Crippen molar-refractivity contribution < 1.29 is 23.1 Å². The molecule has 0 spiro atoms. The van der Waals surface area contributed by atoms with Gasteiger partial charge in [0.2, 0.25) is 11.8 Å². The fraction of sp³-hybridized carbons (Fsp3) is 0.300. The van der Waals surface area contributed by atoms with E-state index in [2.05, 4.69) is 10.6 Å². The molecule has 0 aliphatic heterocycles. The van der Waals surface area contributed by atoms with Crippen LogP contribution in [-0.2, 0) is 16.0 Å². The third-order valence-corrected chi connectivity index (χ3v) is 4.55. The fourth-order valence-electron chi connectivity index (χ4n) is 2.86. The molecule has 2 aromatic rings. The maximum atomic E-state index is 13.6. The van der Waals surface area contributed by atoms with Crippen LogP contribution in [-0.4, -0.2) is 25.5 Å². The molecule has 2 aromatic carbocycles. The molecule has 2 atom stereocenters. The van der Waals surface area contributed by atoms with E-state index in [1.165, 1.54) is 6.07 Å². The third-order valence-electron chi connectivity index (χ3n) is 4.55. The van der Waals surface area contributed by atoms with E-state index in [1.54, 1.807) is 7.11 Å². The number of para-hydroxylation sites is 1. The average molecular weight is 374 g/mol. The van der Waals surface area contributed by atoms with Gasteiger partial charge in [-0.05, 0) is 42.7 Å². The zero-order valence-electron chi connectivity index (χ0n) is 14.8. The lowest BCUT2D eigenvalue weighted by Gasteiger charge is -2.08. The number of hydrogen-bond donors (Lipinski definition) is 2. The number of benzene rings is 2. The summed E-state index contributed by atoms with van der Waals surface area (Å²) in [7, 11) is 1.60. The van der Waals surface area contributed by atoms with Crippen LogP contribution in [0.1, 0.15) is 12.0 Å². The highest BCUT2D eigenvalue weighted by atomic mass is 19.1. The molecule has 1 saturated carbocycles. The van der Waals surface area contributed by atoms with Crippen LogP contribution in [0.4, 0.5) is 14.5 Å². The van der Waals surface area contributed by atoms with Crippen LogP contribution in [0.15, 0.2) is 42.5 Å². The Morgan fingerprint density at radius 2 is 1.67 bits per heavy atom. The molecule has 27 heavy (non-hydrogen) atoms. The summed E-state index contributed by atoms with van der Waals surface area (Å²) in [4.78, 5) is 24.3. The normalized spacial score (nSPS) is 17.9. The second-order valence-electron chi connectivity index (χ2n) is 6.42. The number of hydrogen-bond acceptors (Lipinski definition) is 3. The first-order valence-electron chi connectivity index (χ1n) is 8.65. The molecule has 0 heterocycles. The van der Waals surface area contributed by atoms with Gasteiger partial charge in [0.1, 0.15) is 23.1 Å².